The van der Waals surface area contributed by atoms with Crippen LogP contribution in [0, 0.1) is 75.5 Å². The van der Waals surface area contributed by atoms with Crippen LogP contribution in [0.25, 0.3) is 32.3 Å². The number of hydrogen-bond donors (Lipinski definition) is 0. The van der Waals surface area contributed by atoms with Gasteiger partial charge in [0.25, 0.3) is 0 Å². The van der Waals surface area contributed by atoms with Crippen molar-refractivity contribution in [3.63, 3.8) is 0 Å². The predicted octanol–water partition coefficient (Wildman–Crippen LogP) is 15.3. The Kier molecular flexibility index (Phi) is 15.2. The van der Waals surface area contributed by atoms with Crippen molar-refractivity contribution in [2.75, 3.05) is 0 Å². The lowest BCUT2D eigenvalue weighted by atomic mass is 9.92. The Morgan fingerprint density at radius 2 is 0.636 bits per heavy atom. The second-order valence-corrected chi connectivity index (χ2v) is 17.8. The average molecular weight is 856 g/mol. The summed E-state index contributed by atoms with van der Waals surface area (Å²) >= 11 is 0. The van der Waals surface area contributed by atoms with Crippen LogP contribution in [-0.2, 0) is 38.5 Å². The Hall–Kier alpha value is -7.77. The van der Waals surface area contributed by atoms with Gasteiger partial charge in [0, 0.05) is 0 Å². The van der Waals surface area contributed by atoms with E-state index in [4.69, 9.17) is 10.5 Å². The van der Waals surface area contributed by atoms with Crippen molar-refractivity contribution in [3.8, 4) is 18.2 Å². The summed E-state index contributed by atoms with van der Waals surface area (Å²) in [5.74, 6) is 0. The highest BCUT2D eigenvalue weighted by atomic mass is 14.3. The maximum Gasteiger partial charge on any atom is 0.0670 e. The summed E-state index contributed by atoms with van der Waals surface area (Å²) in [6.45, 7) is 12.8. The summed E-state index contributed by atoms with van der Waals surface area (Å²) in [4.78, 5) is 0. The zero-order valence-electron chi connectivity index (χ0n) is 39.2. The van der Waals surface area contributed by atoms with Gasteiger partial charge in [-0.3, -0.25) is 0 Å². The summed E-state index contributed by atoms with van der Waals surface area (Å²) in [7, 11) is 0. The molecule has 0 unspecified atom stereocenters. The van der Waals surface area contributed by atoms with Gasteiger partial charge in [-0.05, 0) is 143 Å². The van der Waals surface area contributed by atoms with Crippen molar-refractivity contribution >= 4 is 32.3 Å². The molecule has 0 spiro atoms. The predicted molar refractivity (Wildman–Crippen MR) is 276 cm³/mol. The van der Waals surface area contributed by atoms with E-state index >= 15 is 0 Å². The first-order chi connectivity index (χ1) is 32.0. The van der Waals surface area contributed by atoms with E-state index in [2.05, 4.69) is 199 Å². The van der Waals surface area contributed by atoms with E-state index in [1.165, 1.54) is 105 Å². The molecule has 3 heteroatoms. The van der Waals surface area contributed by atoms with Crippen molar-refractivity contribution in [2.24, 2.45) is 0 Å². The van der Waals surface area contributed by atoms with Crippen molar-refractivity contribution in [1.29, 1.82) is 15.8 Å². The molecule has 3 nitrogen and oxygen atoms in total. The molecular weight excluding hydrogens is 799 g/mol. The minimum absolute atomic E-state index is 0.460. The molecule has 9 aromatic rings. The first-order valence-corrected chi connectivity index (χ1v) is 22.8. The molecule has 0 heterocycles. The van der Waals surface area contributed by atoms with Crippen LogP contribution < -0.4 is 0 Å². The zero-order valence-corrected chi connectivity index (χ0v) is 39.2. The van der Waals surface area contributed by atoms with Crippen LogP contribution in [0.3, 0.4) is 0 Å². The quantitative estimate of drug-likeness (QED) is 0.145. The van der Waals surface area contributed by atoms with Crippen LogP contribution >= 0.6 is 0 Å². The van der Waals surface area contributed by atoms with Gasteiger partial charge in [-0.25, -0.2) is 0 Å². The summed E-state index contributed by atoms with van der Waals surface area (Å²) < 4.78 is 0. The number of fused-ring (bicyclic) bond motifs is 3. The van der Waals surface area contributed by atoms with Gasteiger partial charge in [-0.1, -0.05) is 197 Å². The lowest BCUT2D eigenvalue weighted by molar-refractivity contribution is 1.12. The lowest BCUT2D eigenvalue weighted by Gasteiger charge is -2.12. The van der Waals surface area contributed by atoms with Crippen LogP contribution in [-0.4, -0.2) is 0 Å². The number of benzene rings is 9. The van der Waals surface area contributed by atoms with Gasteiger partial charge in [-0.2, -0.15) is 15.8 Å². The van der Waals surface area contributed by atoms with Crippen molar-refractivity contribution in [1.82, 2.24) is 0 Å². The SMILES string of the molecule is Cc1cc(C)cc(Cc2ccc(CC#N)c3ccccc23)c1.Cc1cc(C)cc(Cc2ccc3ccccc3c2CC#N)c1.Cc1cc(C)cc(Cc2cccc3c(CC#N)cccc23)c1. The summed E-state index contributed by atoms with van der Waals surface area (Å²) in [6.07, 6.45) is 4.12. The van der Waals surface area contributed by atoms with E-state index in [1.807, 2.05) is 24.3 Å². The van der Waals surface area contributed by atoms with E-state index in [0.29, 0.717) is 19.3 Å². The molecule has 0 bridgehead atoms. The molecule has 324 valence electrons. The topological polar surface area (TPSA) is 71.4 Å². The van der Waals surface area contributed by atoms with Crippen LogP contribution in [0.5, 0.6) is 0 Å². The Bertz CT molecular complexity index is 3140. The van der Waals surface area contributed by atoms with Gasteiger partial charge < -0.3 is 0 Å². The van der Waals surface area contributed by atoms with E-state index in [0.717, 1.165) is 30.4 Å². The number of hydrogen-bond acceptors (Lipinski definition) is 3. The fourth-order valence-corrected chi connectivity index (χ4v) is 9.66. The highest BCUT2D eigenvalue weighted by molar-refractivity contribution is 5.90. The zero-order chi connectivity index (χ0) is 46.6. The van der Waals surface area contributed by atoms with Gasteiger partial charge >= 0.3 is 0 Å². The van der Waals surface area contributed by atoms with Crippen molar-refractivity contribution in [2.45, 2.75) is 80.1 Å². The molecule has 0 aromatic heterocycles. The Labute approximate surface area is 391 Å². The fourth-order valence-electron chi connectivity index (χ4n) is 9.66. The third-order valence-electron chi connectivity index (χ3n) is 12.2. The fraction of sp³-hybridized carbons (Fsp3) is 0.190. The minimum Gasteiger partial charge on any atom is -0.198 e. The molecule has 0 amide bonds. The molecule has 0 radical (unpaired) electrons. The van der Waals surface area contributed by atoms with Crippen LogP contribution in [0.2, 0.25) is 0 Å². The smallest absolute Gasteiger partial charge is 0.0670 e. The maximum atomic E-state index is 9.21. The van der Waals surface area contributed by atoms with Crippen molar-refractivity contribution < 1.29 is 0 Å². The molecule has 0 aliphatic rings. The number of aryl methyl sites for hydroxylation is 6. The van der Waals surface area contributed by atoms with Gasteiger partial charge in [0.15, 0.2) is 0 Å². The highest BCUT2D eigenvalue weighted by Gasteiger charge is 2.11. The lowest BCUT2D eigenvalue weighted by Crippen LogP contribution is -1.97. The molecule has 0 saturated heterocycles. The first kappa shape index (κ1) is 46.2. The molecule has 66 heavy (non-hydrogen) atoms. The largest absolute Gasteiger partial charge is 0.198 e. The van der Waals surface area contributed by atoms with Crippen molar-refractivity contribution in [3.05, 3.63) is 247 Å². The second-order valence-electron chi connectivity index (χ2n) is 17.8. The third kappa shape index (κ3) is 11.7. The van der Waals surface area contributed by atoms with Gasteiger partial charge in [-0.15, -0.1) is 0 Å². The highest BCUT2D eigenvalue weighted by Crippen LogP contribution is 2.29. The molecule has 9 rings (SSSR count). The number of nitriles is 3. The molecular formula is C63H57N3. The standard InChI is InChI=1S/3C21H19N/c1-15-11-16(2)13-17(12-15)14-19-6-4-7-20-18(9-10-22)5-3-8-21(19)20;1-15-11-16(2)13-17(12-15)14-19-8-7-18(9-10-22)20-5-3-4-6-21(19)20;1-15-11-16(2)13-17(12-15)14-19-8-7-18-5-3-4-6-20(18)21(19)9-10-22/h3*3-8,11-13H,9,14H2,1-2H3. The molecule has 0 aliphatic carbocycles. The Morgan fingerprint density at radius 3 is 1.11 bits per heavy atom. The molecule has 0 N–H and O–H groups in total. The van der Waals surface area contributed by atoms with Crippen LogP contribution in [0.4, 0.5) is 0 Å². The summed E-state index contributed by atoms with van der Waals surface area (Å²) in [6, 6.07) is 64.9. The van der Waals surface area contributed by atoms with Gasteiger partial charge in [0.1, 0.15) is 0 Å². The maximum absolute atomic E-state index is 9.21. The molecule has 9 aromatic carbocycles. The van der Waals surface area contributed by atoms with Gasteiger partial charge in [0.2, 0.25) is 0 Å². The van der Waals surface area contributed by atoms with E-state index in [9.17, 15) is 5.26 Å². The Morgan fingerprint density at radius 1 is 0.303 bits per heavy atom. The van der Waals surface area contributed by atoms with E-state index in [-0.39, 0.29) is 0 Å². The summed E-state index contributed by atoms with van der Waals surface area (Å²) in [5.41, 5.74) is 19.1. The third-order valence-corrected chi connectivity index (χ3v) is 12.2. The van der Waals surface area contributed by atoms with Crippen LogP contribution in [0.15, 0.2) is 164 Å². The molecule has 0 saturated carbocycles. The Balaban J connectivity index is 0.000000147. The van der Waals surface area contributed by atoms with E-state index in [1.54, 1.807) is 0 Å². The second kappa shape index (κ2) is 21.7. The average Bonchev–Trinajstić information content (AvgIpc) is 3.28. The van der Waals surface area contributed by atoms with Crippen LogP contribution in [0.1, 0.15) is 83.5 Å². The monoisotopic (exact) mass is 855 g/mol. The molecule has 0 fully saturated rings. The summed E-state index contributed by atoms with van der Waals surface area (Å²) in [5, 5.41) is 34.5. The normalized spacial score (nSPS) is 10.6. The molecule has 0 atom stereocenters. The first-order valence-electron chi connectivity index (χ1n) is 22.8. The number of rotatable bonds is 9. The minimum atomic E-state index is 0.460. The molecule has 0 aliphatic heterocycles. The number of nitrogens with zero attached hydrogens (tertiary/aromatic N) is 3. The van der Waals surface area contributed by atoms with Gasteiger partial charge in [0.05, 0.1) is 37.5 Å². The van der Waals surface area contributed by atoms with E-state index < -0.39 is 0 Å².